The molecule has 0 saturated heterocycles. The van der Waals surface area contributed by atoms with E-state index in [-0.39, 0.29) is 5.91 Å². The molecule has 0 radical (unpaired) electrons. The number of nitrogens with one attached hydrogen (secondary N) is 1. The number of ether oxygens (including phenoxy) is 2. The molecule has 0 bridgehead atoms. The van der Waals surface area contributed by atoms with Crippen LogP contribution >= 0.6 is 15.9 Å². The maximum absolute atomic E-state index is 12.4. The van der Waals surface area contributed by atoms with Gasteiger partial charge in [-0.2, -0.15) is 0 Å². The van der Waals surface area contributed by atoms with Crippen LogP contribution in [0.1, 0.15) is 37.0 Å². The first kappa shape index (κ1) is 18.3. The molecule has 0 aliphatic carbocycles. The molecular formula is C19H22BrNO3. The average Bonchev–Trinajstić information content (AvgIpc) is 2.57. The molecular weight excluding hydrogens is 370 g/mol. The topological polar surface area (TPSA) is 47.6 Å². The number of hydrogen-bond donors (Lipinski definition) is 1. The number of benzene rings is 2. The Morgan fingerprint density at radius 2 is 1.96 bits per heavy atom. The molecule has 1 amide bonds. The van der Waals surface area contributed by atoms with Gasteiger partial charge in [-0.3, -0.25) is 4.79 Å². The quantitative estimate of drug-likeness (QED) is 0.622. The van der Waals surface area contributed by atoms with Crippen LogP contribution in [0.4, 0.5) is 5.69 Å². The molecule has 128 valence electrons. The number of anilines is 1. The molecule has 2 aromatic rings. The molecule has 0 unspecified atom stereocenters. The lowest BCUT2D eigenvalue weighted by molar-refractivity contribution is 0.102. The summed E-state index contributed by atoms with van der Waals surface area (Å²) in [5.74, 6) is 1.30. The molecule has 2 aromatic carbocycles. The van der Waals surface area contributed by atoms with Gasteiger partial charge in [0.2, 0.25) is 0 Å². The van der Waals surface area contributed by atoms with Crippen LogP contribution in [0.2, 0.25) is 0 Å². The fourth-order valence-corrected chi connectivity index (χ4v) is 2.61. The Kier molecular flexibility index (Phi) is 7.12. The van der Waals surface area contributed by atoms with E-state index in [2.05, 4.69) is 28.2 Å². The highest BCUT2D eigenvalue weighted by Crippen LogP contribution is 2.26. The standard InChI is InChI=1S/C19H22BrNO3/c1-3-5-11-24-16-8-6-7-15(13-16)21-19(22)14-9-10-18(23-4-2)17(20)12-14/h6-10,12-13H,3-5,11H2,1-2H3,(H,21,22). The van der Waals surface area contributed by atoms with Gasteiger partial charge in [-0.15, -0.1) is 0 Å². The van der Waals surface area contributed by atoms with Gasteiger partial charge in [0.1, 0.15) is 11.5 Å². The minimum atomic E-state index is -0.176. The summed E-state index contributed by atoms with van der Waals surface area (Å²) in [7, 11) is 0. The number of halogens is 1. The van der Waals surface area contributed by atoms with E-state index in [4.69, 9.17) is 9.47 Å². The van der Waals surface area contributed by atoms with Crippen molar-refractivity contribution >= 4 is 27.5 Å². The minimum absolute atomic E-state index is 0.176. The van der Waals surface area contributed by atoms with Gasteiger partial charge in [0.15, 0.2) is 0 Å². The molecule has 5 heteroatoms. The first-order valence-electron chi connectivity index (χ1n) is 8.10. The van der Waals surface area contributed by atoms with Gasteiger partial charge in [-0.25, -0.2) is 0 Å². The van der Waals surface area contributed by atoms with Crippen molar-refractivity contribution in [3.05, 3.63) is 52.5 Å². The first-order valence-corrected chi connectivity index (χ1v) is 8.90. The lowest BCUT2D eigenvalue weighted by atomic mass is 10.2. The Bertz CT molecular complexity index is 688. The van der Waals surface area contributed by atoms with Crippen LogP contribution in [-0.2, 0) is 0 Å². The van der Waals surface area contributed by atoms with Crippen molar-refractivity contribution in [3.63, 3.8) is 0 Å². The molecule has 4 nitrogen and oxygen atoms in total. The van der Waals surface area contributed by atoms with Crippen LogP contribution in [0.25, 0.3) is 0 Å². The SMILES string of the molecule is CCCCOc1cccc(NC(=O)c2ccc(OCC)c(Br)c2)c1. The number of carbonyl (C=O) groups excluding carboxylic acids is 1. The highest BCUT2D eigenvalue weighted by Gasteiger charge is 2.10. The number of hydrogen-bond acceptors (Lipinski definition) is 3. The largest absolute Gasteiger partial charge is 0.494 e. The van der Waals surface area contributed by atoms with Crippen LogP contribution in [0.3, 0.4) is 0 Å². The number of carbonyl (C=O) groups is 1. The summed E-state index contributed by atoms with van der Waals surface area (Å²) in [6, 6.07) is 12.7. The Morgan fingerprint density at radius 3 is 2.67 bits per heavy atom. The second-order valence-corrected chi connectivity index (χ2v) is 6.12. The Balaban J connectivity index is 2.04. The molecule has 0 fully saturated rings. The number of unbranched alkanes of at least 4 members (excludes halogenated alkanes) is 1. The summed E-state index contributed by atoms with van der Waals surface area (Å²) < 4.78 is 11.9. The minimum Gasteiger partial charge on any atom is -0.494 e. The van der Waals surface area contributed by atoms with Gasteiger partial charge in [0.25, 0.3) is 5.91 Å². The molecule has 0 aromatic heterocycles. The normalized spacial score (nSPS) is 10.3. The van der Waals surface area contributed by atoms with Crippen LogP contribution in [-0.4, -0.2) is 19.1 Å². The van der Waals surface area contributed by atoms with Gasteiger partial charge in [0, 0.05) is 17.3 Å². The zero-order chi connectivity index (χ0) is 17.4. The zero-order valence-electron chi connectivity index (χ0n) is 14.0. The molecule has 24 heavy (non-hydrogen) atoms. The summed E-state index contributed by atoms with van der Waals surface area (Å²) in [5, 5.41) is 2.89. The molecule has 0 heterocycles. The van der Waals surface area contributed by atoms with Gasteiger partial charge >= 0.3 is 0 Å². The molecule has 0 spiro atoms. The van der Waals surface area contributed by atoms with Crippen molar-refractivity contribution in [2.24, 2.45) is 0 Å². The summed E-state index contributed by atoms with van der Waals surface area (Å²) in [5.41, 5.74) is 1.27. The fraction of sp³-hybridized carbons (Fsp3) is 0.316. The van der Waals surface area contributed by atoms with Crippen molar-refractivity contribution in [1.82, 2.24) is 0 Å². The number of amides is 1. The zero-order valence-corrected chi connectivity index (χ0v) is 15.6. The van der Waals surface area contributed by atoms with Gasteiger partial charge in [0.05, 0.1) is 17.7 Å². The highest BCUT2D eigenvalue weighted by molar-refractivity contribution is 9.10. The molecule has 0 aliphatic rings. The van der Waals surface area contributed by atoms with Gasteiger partial charge < -0.3 is 14.8 Å². The van der Waals surface area contributed by atoms with E-state index in [0.717, 1.165) is 28.8 Å². The van der Waals surface area contributed by atoms with Crippen molar-refractivity contribution < 1.29 is 14.3 Å². The smallest absolute Gasteiger partial charge is 0.255 e. The van der Waals surface area contributed by atoms with Crippen molar-refractivity contribution in [1.29, 1.82) is 0 Å². The highest BCUT2D eigenvalue weighted by atomic mass is 79.9. The van der Waals surface area contributed by atoms with E-state index in [9.17, 15) is 4.79 Å². The van der Waals surface area contributed by atoms with Crippen LogP contribution < -0.4 is 14.8 Å². The molecule has 0 atom stereocenters. The van der Waals surface area contributed by atoms with Crippen molar-refractivity contribution in [2.45, 2.75) is 26.7 Å². The summed E-state index contributed by atoms with van der Waals surface area (Å²) >= 11 is 3.42. The first-order chi connectivity index (χ1) is 11.6. The fourth-order valence-electron chi connectivity index (χ4n) is 2.12. The van der Waals surface area contributed by atoms with Crippen molar-refractivity contribution in [3.8, 4) is 11.5 Å². The third kappa shape index (κ3) is 5.27. The summed E-state index contributed by atoms with van der Waals surface area (Å²) in [4.78, 5) is 12.4. The Labute approximate surface area is 151 Å². The van der Waals surface area contributed by atoms with E-state index >= 15 is 0 Å². The Hall–Kier alpha value is -2.01. The second-order valence-electron chi connectivity index (χ2n) is 5.26. The van der Waals surface area contributed by atoms with E-state index in [1.165, 1.54) is 0 Å². The lowest BCUT2D eigenvalue weighted by Gasteiger charge is -2.10. The second kappa shape index (κ2) is 9.33. The summed E-state index contributed by atoms with van der Waals surface area (Å²) in [6.07, 6.45) is 2.10. The van der Waals surface area contributed by atoms with E-state index in [1.807, 2.05) is 31.2 Å². The van der Waals surface area contributed by atoms with Gasteiger partial charge in [-0.1, -0.05) is 19.4 Å². The van der Waals surface area contributed by atoms with Crippen LogP contribution in [0, 0.1) is 0 Å². The maximum atomic E-state index is 12.4. The average molecular weight is 392 g/mol. The Morgan fingerprint density at radius 1 is 1.12 bits per heavy atom. The van der Waals surface area contributed by atoms with Crippen LogP contribution in [0.5, 0.6) is 11.5 Å². The van der Waals surface area contributed by atoms with Crippen LogP contribution in [0.15, 0.2) is 46.9 Å². The monoisotopic (exact) mass is 391 g/mol. The van der Waals surface area contributed by atoms with E-state index in [1.54, 1.807) is 18.2 Å². The molecule has 0 aliphatic heterocycles. The predicted octanol–water partition coefficient (Wildman–Crippen LogP) is 5.28. The summed E-state index contributed by atoms with van der Waals surface area (Å²) in [6.45, 7) is 5.30. The van der Waals surface area contributed by atoms with E-state index in [0.29, 0.717) is 24.5 Å². The van der Waals surface area contributed by atoms with E-state index < -0.39 is 0 Å². The third-order valence-corrected chi connectivity index (χ3v) is 3.97. The molecule has 2 rings (SSSR count). The van der Waals surface area contributed by atoms with Crippen molar-refractivity contribution in [2.75, 3.05) is 18.5 Å². The van der Waals surface area contributed by atoms with Gasteiger partial charge in [-0.05, 0) is 59.6 Å². The third-order valence-electron chi connectivity index (χ3n) is 3.35. The molecule has 1 N–H and O–H groups in total. The predicted molar refractivity (Wildman–Crippen MR) is 100 cm³/mol. The number of rotatable bonds is 8. The maximum Gasteiger partial charge on any atom is 0.255 e. The molecule has 0 saturated carbocycles. The lowest BCUT2D eigenvalue weighted by Crippen LogP contribution is -2.12.